The average Bonchev–Trinajstić information content (AvgIpc) is 3.25. The van der Waals surface area contributed by atoms with Gasteiger partial charge in [0.25, 0.3) is 0 Å². The summed E-state index contributed by atoms with van der Waals surface area (Å²) < 4.78 is 0. The van der Waals surface area contributed by atoms with Gasteiger partial charge < -0.3 is 0 Å². The van der Waals surface area contributed by atoms with Crippen LogP contribution >= 0.6 is 0 Å². The maximum Gasteiger partial charge on any atom is 0.0972 e. The predicted octanol–water partition coefficient (Wildman–Crippen LogP) is 12.2. The van der Waals surface area contributed by atoms with Gasteiger partial charge in [-0.25, -0.2) is 15.0 Å². The number of aromatic nitrogens is 5. The molecule has 0 fully saturated rings. The van der Waals surface area contributed by atoms with E-state index in [9.17, 15) is 0 Å². The molecule has 0 saturated heterocycles. The number of pyridine rings is 5. The molecule has 5 aromatic heterocycles. The van der Waals surface area contributed by atoms with Crippen molar-refractivity contribution in [3.8, 4) is 44.9 Å². The molecular formula is C49H29N5. The molecule has 11 aromatic rings. The molecule has 6 aromatic carbocycles. The molecule has 54 heavy (non-hydrogen) atoms. The fourth-order valence-electron chi connectivity index (χ4n) is 7.85. The summed E-state index contributed by atoms with van der Waals surface area (Å²) >= 11 is 0. The molecule has 0 radical (unpaired) electrons. The van der Waals surface area contributed by atoms with Crippen molar-refractivity contribution in [2.75, 3.05) is 0 Å². The zero-order chi connectivity index (χ0) is 35.6. The lowest BCUT2D eigenvalue weighted by molar-refractivity contribution is 1.37. The van der Waals surface area contributed by atoms with E-state index < -0.39 is 0 Å². The van der Waals surface area contributed by atoms with Gasteiger partial charge in [-0.05, 0) is 82.6 Å². The lowest BCUT2D eigenvalue weighted by Crippen LogP contribution is -1.92. The molecule has 5 heteroatoms. The summed E-state index contributed by atoms with van der Waals surface area (Å²) in [5, 5.41) is 7.74. The fraction of sp³-hybridized carbons (Fsp3) is 0. The molecule has 0 aliphatic rings. The summed E-state index contributed by atoms with van der Waals surface area (Å²) in [5.41, 5.74) is 13.1. The smallest absolute Gasteiger partial charge is 0.0972 e. The van der Waals surface area contributed by atoms with Gasteiger partial charge in [0.1, 0.15) is 0 Å². The molecule has 5 nitrogen and oxygen atoms in total. The van der Waals surface area contributed by atoms with Crippen LogP contribution in [0.25, 0.3) is 110 Å². The third-order valence-corrected chi connectivity index (χ3v) is 10.5. The van der Waals surface area contributed by atoms with Crippen molar-refractivity contribution in [1.29, 1.82) is 0 Å². The van der Waals surface area contributed by atoms with Gasteiger partial charge in [0.2, 0.25) is 0 Å². The molecule has 0 amide bonds. The van der Waals surface area contributed by atoms with Gasteiger partial charge in [-0.2, -0.15) is 0 Å². The van der Waals surface area contributed by atoms with Crippen molar-refractivity contribution < 1.29 is 0 Å². The van der Waals surface area contributed by atoms with Crippen LogP contribution in [0.3, 0.4) is 0 Å². The Hall–Kier alpha value is -7.37. The molecule has 0 atom stereocenters. The Bertz CT molecular complexity index is 3290. The fourth-order valence-corrected chi connectivity index (χ4v) is 7.85. The minimum absolute atomic E-state index is 0.915. The summed E-state index contributed by atoms with van der Waals surface area (Å²) in [6.45, 7) is 0. The summed E-state index contributed by atoms with van der Waals surface area (Å²) in [4.78, 5) is 24.6. The van der Waals surface area contributed by atoms with E-state index in [0.29, 0.717) is 0 Å². The van der Waals surface area contributed by atoms with Crippen LogP contribution < -0.4 is 0 Å². The van der Waals surface area contributed by atoms with E-state index in [4.69, 9.17) is 15.0 Å². The third-order valence-electron chi connectivity index (χ3n) is 10.5. The molecule has 0 N–H and O–H groups in total. The maximum atomic E-state index is 5.18. The summed E-state index contributed by atoms with van der Waals surface area (Å²) in [5.74, 6) is 0. The molecule has 0 saturated carbocycles. The monoisotopic (exact) mass is 687 g/mol. The zero-order valence-electron chi connectivity index (χ0n) is 29.0. The van der Waals surface area contributed by atoms with E-state index in [-0.39, 0.29) is 0 Å². The predicted molar refractivity (Wildman–Crippen MR) is 222 cm³/mol. The Balaban J connectivity index is 0.934. The summed E-state index contributed by atoms with van der Waals surface area (Å²) in [7, 11) is 0. The second-order valence-electron chi connectivity index (χ2n) is 13.7. The molecule has 0 unspecified atom stereocenters. The SMILES string of the molecule is c1cnc2c(c1)ccc1ccc(-c3ccc(-c4ccc5cc(-c6ccc7nc(-c8ccnc9ccccc89)ccc7c6)ccc5n4)c4ccccc34)nc12. The highest BCUT2D eigenvalue weighted by Gasteiger charge is 2.14. The van der Waals surface area contributed by atoms with Crippen molar-refractivity contribution in [2.45, 2.75) is 0 Å². The Labute approximate surface area is 310 Å². The molecule has 250 valence electrons. The number of nitrogens with zero attached hydrogens (tertiary/aromatic N) is 5. The molecule has 5 heterocycles. The van der Waals surface area contributed by atoms with Gasteiger partial charge in [-0.3, -0.25) is 9.97 Å². The van der Waals surface area contributed by atoms with E-state index in [1.165, 1.54) is 0 Å². The molecule has 0 aliphatic heterocycles. The van der Waals surface area contributed by atoms with Gasteiger partial charge in [0.05, 0.1) is 44.7 Å². The van der Waals surface area contributed by atoms with Crippen LogP contribution in [0.1, 0.15) is 0 Å². The van der Waals surface area contributed by atoms with Crippen LogP contribution in [-0.4, -0.2) is 24.9 Å². The molecule has 0 aliphatic carbocycles. The Morgan fingerprint density at radius 3 is 1.50 bits per heavy atom. The van der Waals surface area contributed by atoms with Gasteiger partial charge in [0, 0.05) is 56.0 Å². The van der Waals surface area contributed by atoms with Gasteiger partial charge in [0.15, 0.2) is 0 Å². The van der Waals surface area contributed by atoms with E-state index in [0.717, 1.165) is 110 Å². The van der Waals surface area contributed by atoms with Crippen molar-refractivity contribution >= 4 is 65.3 Å². The lowest BCUT2D eigenvalue weighted by Gasteiger charge is -2.13. The van der Waals surface area contributed by atoms with Crippen molar-refractivity contribution in [2.24, 2.45) is 0 Å². The van der Waals surface area contributed by atoms with E-state index in [1.807, 2.05) is 42.7 Å². The maximum absolute atomic E-state index is 5.18. The minimum Gasteiger partial charge on any atom is -0.256 e. The first-order valence-electron chi connectivity index (χ1n) is 18.1. The lowest BCUT2D eigenvalue weighted by atomic mass is 9.95. The van der Waals surface area contributed by atoms with Crippen LogP contribution in [0.2, 0.25) is 0 Å². The molecule has 0 bridgehead atoms. The van der Waals surface area contributed by atoms with Gasteiger partial charge in [-0.15, -0.1) is 0 Å². The normalized spacial score (nSPS) is 11.7. The summed E-state index contributed by atoms with van der Waals surface area (Å²) in [6.07, 6.45) is 3.69. The number of hydrogen-bond donors (Lipinski definition) is 0. The second kappa shape index (κ2) is 12.1. The minimum atomic E-state index is 0.915. The van der Waals surface area contributed by atoms with Crippen molar-refractivity contribution in [1.82, 2.24) is 24.9 Å². The molecule has 11 rings (SSSR count). The second-order valence-corrected chi connectivity index (χ2v) is 13.7. The first kappa shape index (κ1) is 30.3. The number of para-hydroxylation sites is 1. The van der Waals surface area contributed by atoms with Crippen molar-refractivity contribution in [3.05, 3.63) is 176 Å². The van der Waals surface area contributed by atoms with Gasteiger partial charge in [-0.1, -0.05) is 103 Å². The number of fused-ring (bicyclic) bond motifs is 7. The topological polar surface area (TPSA) is 64.5 Å². The van der Waals surface area contributed by atoms with Crippen LogP contribution in [0, 0.1) is 0 Å². The standard InChI is InChI=1S/C49H29N5/c1-2-8-37-36(7-1)39(18-19-40(37)47-22-13-31-12-11-30-6-5-26-51-48(30)49(31)54-47)45-23-16-34-28-32(14-20-42(34)52-45)33-15-21-43-35(29-33)17-24-46(53-43)41-25-27-50-44-10-4-3-9-38(41)44/h1-29H. The molecule has 0 spiro atoms. The number of benzene rings is 6. The van der Waals surface area contributed by atoms with Gasteiger partial charge >= 0.3 is 0 Å². The Morgan fingerprint density at radius 2 is 0.833 bits per heavy atom. The highest BCUT2D eigenvalue weighted by atomic mass is 14.8. The van der Waals surface area contributed by atoms with Crippen LogP contribution in [-0.2, 0) is 0 Å². The highest BCUT2D eigenvalue weighted by Crippen LogP contribution is 2.37. The first-order chi connectivity index (χ1) is 26.7. The zero-order valence-corrected chi connectivity index (χ0v) is 29.0. The molecular weight excluding hydrogens is 659 g/mol. The Kier molecular flexibility index (Phi) is 6.79. The number of rotatable bonds is 4. The quantitative estimate of drug-likeness (QED) is 0.172. The van der Waals surface area contributed by atoms with E-state index in [2.05, 4.69) is 143 Å². The van der Waals surface area contributed by atoms with Crippen LogP contribution in [0.15, 0.2) is 176 Å². The average molecular weight is 688 g/mol. The van der Waals surface area contributed by atoms with E-state index in [1.54, 1.807) is 0 Å². The third kappa shape index (κ3) is 4.98. The van der Waals surface area contributed by atoms with E-state index >= 15 is 0 Å². The van der Waals surface area contributed by atoms with Crippen molar-refractivity contribution in [3.63, 3.8) is 0 Å². The van der Waals surface area contributed by atoms with Crippen LogP contribution in [0.4, 0.5) is 0 Å². The summed E-state index contributed by atoms with van der Waals surface area (Å²) in [6, 6.07) is 57.3. The van der Waals surface area contributed by atoms with Crippen LogP contribution in [0.5, 0.6) is 0 Å². The Morgan fingerprint density at radius 1 is 0.296 bits per heavy atom. The highest BCUT2D eigenvalue weighted by molar-refractivity contribution is 6.07. The largest absolute Gasteiger partial charge is 0.256 e. The first-order valence-corrected chi connectivity index (χ1v) is 18.1. The number of hydrogen-bond acceptors (Lipinski definition) is 5.